The molecule has 39 heavy (non-hydrogen) atoms. The van der Waals surface area contributed by atoms with Crippen molar-refractivity contribution in [2.75, 3.05) is 13.1 Å². The number of carbonyl (C=O) groups is 3. The van der Waals surface area contributed by atoms with E-state index < -0.39 is 24.3 Å². The molecular weight excluding hydrogens is 556 g/mol. The second-order valence-corrected chi connectivity index (χ2v) is 10.3. The second-order valence-electron chi connectivity index (χ2n) is 8.95. The minimum atomic E-state index is -5.08. The third-order valence-corrected chi connectivity index (χ3v) is 7.20. The maximum Gasteiger partial charge on any atom is 0.490 e. The van der Waals surface area contributed by atoms with E-state index in [1.54, 1.807) is 0 Å². The summed E-state index contributed by atoms with van der Waals surface area (Å²) in [6.07, 6.45) is -2.64. The lowest BCUT2D eigenvalue weighted by atomic mass is 9.84. The number of halogens is 6. The molecule has 2 aromatic rings. The number of carbonyl (C=O) groups excluding carboxylic acids is 1. The van der Waals surface area contributed by atoms with Gasteiger partial charge < -0.3 is 15.1 Å². The average Bonchev–Trinajstić information content (AvgIpc) is 3.39. The van der Waals surface area contributed by atoms with Gasteiger partial charge in [-0.3, -0.25) is 14.7 Å². The molecule has 0 atom stereocenters. The molecule has 1 amide bonds. The topological polar surface area (TPSA) is 111 Å². The molecule has 0 aromatic carbocycles. The molecule has 2 N–H and O–H groups in total. The lowest BCUT2D eigenvalue weighted by molar-refractivity contribution is -0.193. The third-order valence-electron chi connectivity index (χ3n) is 6.22. The minimum absolute atomic E-state index is 0.0716. The minimum Gasteiger partial charge on any atom is -0.475 e. The molecule has 1 spiro atoms. The van der Waals surface area contributed by atoms with Crippen LogP contribution in [0.5, 0.6) is 0 Å². The van der Waals surface area contributed by atoms with Crippen molar-refractivity contribution in [2.24, 2.45) is 0 Å². The van der Waals surface area contributed by atoms with E-state index in [2.05, 4.69) is 33.8 Å². The predicted octanol–water partition coefficient (Wildman–Crippen LogP) is 4.88. The first kappa shape index (κ1) is 32.0. The van der Waals surface area contributed by atoms with Crippen LogP contribution in [0.15, 0.2) is 36.7 Å². The van der Waals surface area contributed by atoms with Gasteiger partial charge in [-0.05, 0) is 56.0 Å². The highest BCUT2D eigenvalue weighted by Gasteiger charge is 2.46. The van der Waals surface area contributed by atoms with Crippen LogP contribution in [0.4, 0.5) is 26.3 Å². The number of hydrogen-bond donors (Lipinski definition) is 2. The van der Waals surface area contributed by atoms with Gasteiger partial charge in [-0.1, -0.05) is 0 Å². The fourth-order valence-corrected chi connectivity index (χ4v) is 5.17. The van der Waals surface area contributed by atoms with E-state index >= 15 is 0 Å². The molecule has 2 aromatic heterocycles. The molecule has 2 fully saturated rings. The Hall–Kier alpha value is -3.20. The maximum atomic E-state index is 12.5. The van der Waals surface area contributed by atoms with Crippen molar-refractivity contribution in [3.63, 3.8) is 0 Å². The molecule has 0 bridgehead atoms. The zero-order chi connectivity index (χ0) is 29.4. The Bertz CT molecular complexity index is 1090. The smallest absolute Gasteiger partial charge is 0.475 e. The Kier molecular flexibility index (Phi) is 10.9. The van der Waals surface area contributed by atoms with Crippen LogP contribution in [0.1, 0.15) is 41.0 Å². The van der Waals surface area contributed by atoms with Gasteiger partial charge in [-0.15, -0.1) is 11.3 Å². The number of likely N-dealkylation sites (tertiary alicyclic amines) is 2. The van der Waals surface area contributed by atoms with Gasteiger partial charge in [-0.2, -0.15) is 26.3 Å². The molecule has 4 rings (SSSR count). The molecule has 0 radical (unpaired) electrons. The van der Waals surface area contributed by atoms with Crippen LogP contribution in [-0.4, -0.2) is 73.8 Å². The molecule has 4 heterocycles. The van der Waals surface area contributed by atoms with Crippen molar-refractivity contribution in [1.29, 1.82) is 0 Å². The monoisotopic (exact) mass is 583 g/mol. The van der Waals surface area contributed by atoms with Gasteiger partial charge in [0.25, 0.3) is 0 Å². The Morgan fingerprint density at radius 1 is 0.923 bits per heavy atom. The van der Waals surface area contributed by atoms with Gasteiger partial charge >= 0.3 is 24.3 Å². The maximum absolute atomic E-state index is 12.5. The molecule has 0 saturated carbocycles. The molecule has 2 saturated heterocycles. The second kappa shape index (κ2) is 13.2. The van der Waals surface area contributed by atoms with E-state index in [0.717, 1.165) is 45.4 Å². The van der Waals surface area contributed by atoms with Crippen LogP contribution >= 0.6 is 11.3 Å². The van der Waals surface area contributed by atoms with E-state index in [1.165, 1.54) is 15.3 Å². The van der Waals surface area contributed by atoms with Gasteiger partial charge in [0.1, 0.15) is 0 Å². The number of nitrogens with zero attached hydrogens (tertiary/aromatic N) is 3. The predicted molar refractivity (Wildman–Crippen MR) is 128 cm³/mol. The van der Waals surface area contributed by atoms with Gasteiger partial charge in [0, 0.05) is 60.3 Å². The number of piperidine rings is 1. The first-order valence-electron chi connectivity index (χ1n) is 11.6. The van der Waals surface area contributed by atoms with E-state index in [9.17, 15) is 31.1 Å². The van der Waals surface area contributed by atoms with Crippen molar-refractivity contribution in [3.8, 4) is 0 Å². The van der Waals surface area contributed by atoms with Gasteiger partial charge in [0.05, 0.1) is 0 Å². The van der Waals surface area contributed by atoms with Crippen LogP contribution in [0.25, 0.3) is 0 Å². The van der Waals surface area contributed by atoms with Crippen molar-refractivity contribution < 1.29 is 50.9 Å². The molecular formula is C24H27F6N3O5S. The van der Waals surface area contributed by atoms with Crippen LogP contribution in [0.2, 0.25) is 0 Å². The van der Waals surface area contributed by atoms with E-state index in [1.807, 2.05) is 35.9 Å². The highest BCUT2D eigenvalue weighted by molar-refractivity contribution is 7.11. The number of aliphatic carboxylic acids is 2. The zero-order valence-corrected chi connectivity index (χ0v) is 21.6. The fraction of sp³-hybridized carbons (Fsp3) is 0.500. The number of aromatic nitrogens is 1. The molecule has 2 aliphatic heterocycles. The third kappa shape index (κ3) is 9.80. The number of pyridine rings is 1. The number of carboxylic acid groups (broad SMARTS) is 2. The summed E-state index contributed by atoms with van der Waals surface area (Å²) in [6, 6.07) is 8.50. The van der Waals surface area contributed by atoms with Crippen LogP contribution < -0.4 is 0 Å². The normalized spacial score (nSPS) is 17.2. The van der Waals surface area contributed by atoms with E-state index in [0.29, 0.717) is 12.3 Å². The summed E-state index contributed by atoms with van der Waals surface area (Å²) in [4.78, 5) is 41.9. The molecule has 0 unspecified atom stereocenters. The summed E-state index contributed by atoms with van der Waals surface area (Å²) in [5, 5.41) is 14.2. The molecule has 15 heteroatoms. The first-order chi connectivity index (χ1) is 18.0. The quantitative estimate of drug-likeness (QED) is 0.494. The number of rotatable bonds is 4. The first-order valence-corrected chi connectivity index (χ1v) is 12.4. The highest BCUT2D eigenvalue weighted by atomic mass is 32.1. The molecule has 0 aliphatic carbocycles. The number of thiophene rings is 1. The van der Waals surface area contributed by atoms with Crippen molar-refractivity contribution >= 4 is 29.2 Å². The number of hydrogen-bond acceptors (Lipinski definition) is 6. The Morgan fingerprint density at radius 2 is 1.44 bits per heavy atom. The number of alkyl halides is 6. The summed E-state index contributed by atoms with van der Waals surface area (Å²) >= 11 is 1.90. The zero-order valence-electron chi connectivity index (χ0n) is 20.8. The van der Waals surface area contributed by atoms with Crippen LogP contribution in [-0.2, 0) is 27.5 Å². The number of amides is 1. The highest BCUT2D eigenvalue weighted by Crippen LogP contribution is 2.40. The van der Waals surface area contributed by atoms with Gasteiger partial charge in [-0.25, -0.2) is 9.59 Å². The van der Waals surface area contributed by atoms with Crippen molar-refractivity contribution in [2.45, 2.75) is 63.6 Å². The standard InChI is InChI=1S/C20H25N3OS.2C2HF3O2/c1-16-2-3-18(25-16)15-22-12-8-20(9-13-22)7-4-19(24)23(20)14-17-5-10-21-11-6-17;2*3-2(4,5)1(6)7/h2-3,5-6,10-11H,4,7-9,12-15H2,1H3;2*(H,6,7). The largest absolute Gasteiger partial charge is 0.490 e. The Morgan fingerprint density at radius 3 is 1.87 bits per heavy atom. The van der Waals surface area contributed by atoms with Gasteiger partial charge in [0.15, 0.2) is 0 Å². The average molecular weight is 584 g/mol. The summed E-state index contributed by atoms with van der Waals surface area (Å²) < 4.78 is 63.5. The Labute approximate surface area is 223 Å². The molecule has 2 aliphatic rings. The van der Waals surface area contributed by atoms with Gasteiger partial charge in [0.2, 0.25) is 5.91 Å². The van der Waals surface area contributed by atoms with Crippen molar-refractivity contribution in [1.82, 2.24) is 14.8 Å². The summed E-state index contributed by atoms with van der Waals surface area (Å²) in [6.45, 7) is 6.10. The lowest BCUT2D eigenvalue weighted by Crippen LogP contribution is -2.52. The summed E-state index contributed by atoms with van der Waals surface area (Å²) in [5.41, 5.74) is 1.25. The molecule has 216 valence electrons. The van der Waals surface area contributed by atoms with E-state index in [4.69, 9.17) is 19.8 Å². The Balaban J connectivity index is 0.000000317. The number of carboxylic acids is 2. The molecule has 8 nitrogen and oxygen atoms in total. The fourth-order valence-electron chi connectivity index (χ4n) is 4.24. The van der Waals surface area contributed by atoms with Crippen LogP contribution in [0, 0.1) is 6.92 Å². The van der Waals surface area contributed by atoms with Crippen LogP contribution in [0.3, 0.4) is 0 Å². The summed E-state index contributed by atoms with van der Waals surface area (Å²) in [7, 11) is 0. The lowest BCUT2D eigenvalue weighted by Gasteiger charge is -2.45. The summed E-state index contributed by atoms with van der Waals surface area (Å²) in [5.74, 6) is -5.20. The SMILES string of the molecule is Cc1ccc(CN2CCC3(CCC(=O)N3Cc3ccncc3)CC2)s1.O=C(O)C(F)(F)F.O=C(O)C(F)(F)F. The van der Waals surface area contributed by atoms with Crippen molar-refractivity contribution in [3.05, 3.63) is 52.0 Å². The number of aryl methyl sites for hydroxylation is 1. The van der Waals surface area contributed by atoms with E-state index in [-0.39, 0.29) is 5.54 Å².